The van der Waals surface area contributed by atoms with Crippen molar-refractivity contribution in [1.29, 1.82) is 0 Å². The van der Waals surface area contributed by atoms with Gasteiger partial charge in [0, 0.05) is 11.4 Å². The van der Waals surface area contributed by atoms with Crippen molar-refractivity contribution in [2.45, 2.75) is 26.4 Å². The molecule has 21 heavy (non-hydrogen) atoms. The van der Waals surface area contributed by atoms with E-state index < -0.39 is 12.1 Å². The topological polar surface area (TPSA) is 46.5 Å². The van der Waals surface area contributed by atoms with Gasteiger partial charge in [0.1, 0.15) is 5.75 Å². The molecular weight excluding hydrogens is 288 g/mol. The van der Waals surface area contributed by atoms with Gasteiger partial charge in [0.05, 0.1) is 0 Å². The van der Waals surface area contributed by atoms with Crippen LogP contribution in [-0.2, 0) is 11.2 Å². The van der Waals surface area contributed by atoms with Crippen molar-refractivity contribution in [3.8, 4) is 5.75 Å². The van der Waals surface area contributed by atoms with E-state index in [1.807, 2.05) is 44.2 Å². The molecule has 2 aromatic rings. The number of ether oxygens (including phenoxy) is 1. The van der Waals surface area contributed by atoms with E-state index in [4.69, 9.17) is 16.3 Å². The van der Waals surface area contributed by atoms with Crippen LogP contribution in [0.15, 0.2) is 42.5 Å². The molecule has 0 fully saturated rings. The predicted octanol–water partition coefficient (Wildman–Crippen LogP) is 4.03. The van der Waals surface area contributed by atoms with E-state index >= 15 is 0 Å². The maximum absolute atomic E-state index is 11.4. The van der Waals surface area contributed by atoms with Crippen LogP contribution in [0.3, 0.4) is 0 Å². The predicted molar refractivity (Wildman–Crippen MR) is 83.1 cm³/mol. The fourth-order valence-electron chi connectivity index (χ4n) is 2.00. The van der Waals surface area contributed by atoms with E-state index in [0.29, 0.717) is 10.8 Å². The van der Waals surface area contributed by atoms with Crippen molar-refractivity contribution in [1.82, 2.24) is 0 Å². The lowest BCUT2D eigenvalue weighted by Crippen LogP contribution is -2.29. The fraction of sp³-hybridized carbons (Fsp3) is 0.235. The third-order valence-electron chi connectivity index (χ3n) is 3.30. The molecule has 0 aliphatic carbocycles. The molecule has 1 atom stereocenters. The van der Waals surface area contributed by atoms with Crippen molar-refractivity contribution < 1.29 is 14.6 Å². The molecule has 3 nitrogen and oxygen atoms in total. The number of para-hydroxylation sites is 1. The van der Waals surface area contributed by atoms with Crippen molar-refractivity contribution >= 4 is 17.6 Å². The van der Waals surface area contributed by atoms with Gasteiger partial charge in [0.15, 0.2) is 6.10 Å². The van der Waals surface area contributed by atoms with E-state index in [2.05, 4.69) is 0 Å². The molecule has 110 valence electrons. The molecule has 4 heteroatoms. The maximum atomic E-state index is 11.4. The zero-order valence-corrected chi connectivity index (χ0v) is 12.7. The first-order chi connectivity index (χ1) is 9.97. The number of carbonyl (C=O) groups is 1. The highest BCUT2D eigenvalue weighted by atomic mass is 35.5. The third kappa shape index (κ3) is 3.99. The van der Waals surface area contributed by atoms with Gasteiger partial charge in [-0.1, -0.05) is 41.9 Å². The van der Waals surface area contributed by atoms with Gasteiger partial charge in [-0.3, -0.25) is 0 Å². The Morgan fingerprint density at radius 2 is 1.90 bits per heavy atom. The van der Waals surface area contributed by atoms with Crippen LogP contribution in [0.2, 0.25) is 5.02 Å². The Balaban J connectivity index is 2.18. The van der Waals surface area contributed by atoms with Gasteiger partial charge < -0.3 is 9.84 Å². The van der Waals surface area contributed by atoms with E-state index in [9.17, 15) is 9.90 Å². The smallest absolute Gasteiger partial charge is 0.345 e. The van der Waals surface area contributed by atoms with E-state index in [1.54, 1.807) is 12.1 Å². The molecule has 2 rings (SSSR count). The van der Waals surface area contributed by atoms with Crippen LogP contribution in [0.5, 0.6) is 5.75 Å². The summed E-state index contributed by atoms with van der Waals surface area (Å²) in [4.78, 5) is 11.4. The van der Waals surface area contributed by atoms with Crippen LogP contribution in [0.4, 0.5) is 0 Å². The summed E-state index contributed by atoms with van der Waals surface area (Å²) in [5, 5.41) is 9.98. The minimum Gasteiger partial charge on any atom is -0.478 e. The number of hydrogen-bond donors (Lipinski definition) is 1. The highest BCUT2D eigenvalue weighted by Crippen LogP contribution is 2.21. The first-order valence-electron chi connectivity index (χ1n) is 6.67. The lowest BCUT2D eigenvalue weighted by molar-refractivity contribution is -0.145. The van der Waals surface area contributed by atoms with E-state index in [1.165, 1.54) is 0 Å². The Kier molecular flexibility index (Phi) is 4.86. The summed E-state index contributed by atoms with van der Waals surface area (Å²) in [6.45, 7) is 3.79. The third-order valence-corrected chi connectivity index (χ3v) is 3.70. The van der Waals surface area contributed by atoms with Crippen molar-refractivity contribution in [3.63, 3.8) is 0 Å². The number of carboxylic acid groups (broad SMARTS) is 1. The van der Waals surface area contributed by atoms with Gasteiger partial charge in [-0.25, -0.2) is 4.79 Å². The second kappa shape index (κ2) is 6.64. The average molecular weight is 305 g/mol. The zero-order chi connectivity index (χ0) is 15.4. The number of aryl methyl sites for hydroxylation is 2. The Morgan fingerprint density at radius 1 is 1.19 bits per heavy atom. The summed E-state index contributed by atoms with van der Waals surface area (Å²) in [5.41, 5.74) is 2.71. The average Bonchev–Trinajstić information content (AvgIpc) is 2.44. The SMILES string of the molecule is Cc1ccc(C[C@H](Oc2ccccc2C)C(=O)O)cc1Cl. The van der Waals surface area contributed by atoms with Crippen molar-refractivity contribution in [3.05, 3.63) is 64.2 Å². The number of hydrogen-bond acceptors (Lipinski definition) is 2. The minimum atomic E-state index is -0.991. The van der Waals surface area contributed by atoms with Crippen LogP contribution in [0.25, 0.3) is 0 Å². The van der Waals surface area contributed by atoms with Crippen molar-refractivity contribution in [2.24, 2.45) is 0 Å². The standard InChI is InChI=1S/C17H17ClO3/c1-11-7-8-13(9-14(11)18)10-16(17(19)20)21-15-6-4-3-5-12(15)2/h3-9,16H,10H2,1-2H3,(H,19,20)/t16-/m0/s1. The molecule has 0 radical (unpaired) electrons. The Bertz CT molecular complexity index is 652. The second-order valence-corrected chi connectivity index (χ2v) is 5.41. The quantitative estimate of drug-likeness (QED) is 0.907. The Morgan fingerprint density at radius 3 is 2.52 bits per heavy atom. The number of halogens is 1. The molecule has 0 amide bonds. The van der Waals surface area contributed by atoms with Crippen molar-refractivity contribution in [2.75, 3.05) is 0 Å². The number of benzene rings is 2. The molecule has 0 bridgehead atoms. The van der Waals surface area contributed by atoms with E-state index in [0.717, 1.165) is 16.7 Å². The highest BCUT2D eigenvalue weighted by molar-refractivity contribution is 6.31. The lowest BCUT2D eigenvalue weighted by Gasteiger charge is -2.17. The molecule has 0 heterocycles. The molecule has 1 N–H and O–H groups in total. The monoisotopic (exact) mass is 304 g/mol. The maximum Gasteiger partial charge on any atom is 0.345 e. The number of aliphatic carboxylic acids is 1. The molecule has 0 aromatic heterocycles. The van der Waals surface area contributed by atoms with Gasteiger partial charge >= 0.3 is 5.97 Å². The summed E-state index contributed by atoms with van der Waals surface area (Å²) >= 11 is 6.07. The largest absolute Gasteiger partial charge is 0.478 e. The molecule has 0 saturated carbocycles. The van der Waals surface area contributed by atoms with Crippen LogP contribution in [-0.4, -0.2) is 17.2 Å². The van der Waals surface area contributed by atoms with Gasteiger partial charge in [0.25, 0.3) is 0 Å². The van der Waals surface area contributed by atoms with E-state index in [-0.39, 0.29) is 6.42 Å². The van der Waals surface area contributed by atoms with Gasteiger partial charge in [-0.15, -0.1) is 0 Å². The molecule has 0 aliphatic rings. The second-order valence-electron chi connectivity index (χ2n) is 5.00. The summed E-state index contributed by atoms with van der Waals surface area (Å²) in [6.07, 6.45) is -0.672. The summed E-state index contributed by atoms with van der Waals surface area (Å²) in [5.74, 6) is -0.405. The Hall–Kier alpha value is -2.00. The number of rotatable bonds is 5. The van der Waals surface area contributed by atoms with Gasteiger partial charge in [0.2, 0.25) is 0 Å². The molecule has 0 aliphatic heterocycles. The van der Waals surface area contributed by atoms with Crippen LogP contribution in [0, 0.1) is 13.8 Å². The van der Waals surface area contributed by atoms with Crippen LogP contribution >= 0.6 is 11.6 Å². The van der Waals surface area contributed by atoms with Crippen LogP contribution < -0.4 is 4.74 Å². The first-order valence-corrected chi connectivity index (χ1v) is 7.05. The Labute approximate surface area is 129 Å². The fourth-order valence-corrected chi connectivity index (χ4v) is 2.20. The summed E-state index contributed by atoms with van der Waals surface area (Å²) in [6, 6.07) is 12.9. The summed E-state index contributed by atoms with van der Waals surface area (Å²) in [7, 11) is 0. The molecule has 0 unspecified atom stereocenters. The molecule has 0 saturated heterocycles. The molecule has 0 spiro atoms. The minimum absolute atomic E-state index is 0.268. The zero-order valence-electron chi connectivity index (χ0n) is 12.0. The summed E-state index contributed by atoms with van der Waals surface area (Å²) < 4.78 is 5.64. The van der Waals surface area contributed by atoms with Gasteiger partial charge in [-0.2, -0.15) is 0 Å². The normalized spacial score (nSPS) is 12.0. The molecular formula is C17H17ClO3. The van der Waals surface area contributed by atoms with Gasteiger partial charge in [-0.05, 0) is 42.7 Å². The first kappa shape index (κ1) is 15.4. The van der Waals surface area contributed by atoms with Crippen LogP contribution in [0.1, 0.15) is 16.7 Å². The lowest BCUT2D eigenvalue weighted by atomic mass is 10.1. The molecule has 2 aromatic carbocycles. The highest BCUT2D eigenvalue weighted by Gasteiger charge is 2.21. The number of carboxylic acids is 1.